The molecule has 1 saturated carbocycles. The van der Waals surface area contributed by atoms with Gasteiger partial charge in [0.25, 0.3) is 0 Å². The van der Waals surface area contributed by atoms with E-state index >= 15 is 0 Å². The molecule has 4 heteroatoms. The monoisotopic (exact) mass is 330 g/mol. The van der Waals surface area contributed by atoms with E-state index in [1.807, 2.05) is 0 Å². The summed E-state index contributed by atoms with van der Waals surface area (Å²) in [6, 6.07) is 0. The van der Waals surface area contributed by atoms with E-state index in [9.17, 15) is 4.79 Å². The van der Waals surface area contributed by atoms with E-state index < -0.39 is 0 Å². The van der Waals surface area contributed by atoms with Crippen molar-refractivity contribution in [3.8, 4) is 0 Å². The van der Waals surface area contributed by atoms with E-state index in [0.29, 0.717) is 17.7 Å². The highest BCUT2D eigenvalue weighted by Gasteiger charge is 2.32. The minimum absolute atomic E-state index is 0.303. The van der Waals surface area contributed by atoms with Crippen LogP contribution in [0.3, 0.4) is 0 Å². The molecule has 3 aliphatic rings. The lowest BCUT2D eigenvalue weighted by atomic mass is 9.86. The van der Waals surface area contributed by atoms with E-state index in [2.05, 4.69) is 10.1 Å². The standard InChI is InChI=1S/C20H30N2O2/c23-20(16-7-3-1-4-8-16)22-13-11-15(12-14-22)19-17-9-5-2-6-10-18(17)21-24-19/h15-16H,1-14H2. The minimum Gasteiger partial charge on any atom is -0.361 e. The van der Waals surface area contributed by atoms with Crippen molar-refractivity contribution in [2.24, 2.45) is 5.92 Å². The predicted molar refractivity (Wildman–Crippen MR) is 92.9 cm³/mol. The number of carbonyl (C=O) groups excluding carboxylic acids is 1. The molecule has 1 aromatic heterocycles. The van der Waals surface area contributed by atoms with Crippen molar-refractivity contribution in [1.82, 2.24) is 10.1 Å². The molecule has 1 amide bonds. The van der Waals surface area contributed by atoms with Gasteiger partial charge in [0.15, 0.2) is 0 Å². The van der Waals surface area contributed by atoms with Crippen molar-refractivity contribution < 1.29 is 9.32 Å². The Labute approximate surface area is 145 Å². The first-order valence-electron chi connectivity index (χ1n) is 10.1. The Morgan fingerprint density at radius 3 is 2.42 bits per heavy atom. The number of aryl methyl sites for hydroxylation is 1. The summed E-state index contributed by atoms with van der Waals surface area (Å²) >= 11 is 0. The van der Waals surface area contributed by atoms with Gasteiger partial charge in [-0.1, -0.05) is 30.8 Å². The number of amides is 1. The molecule has 2 aliphatic carbocycles. The fraction of sp³-hybridized carbons (Fsp3) is 0.800. The highest BCUT2D eigenvalue weighted by atomic mass is 16.5. The summed E-state index contributed by atoms with van der Waals surface area (Å²) in [6.45, 7) is 1.80. The topological polar surface area (TPSA) is 46.3 Å². The molecule has 0 bridgehead atoms. The summed E-state index contributed by atoms with van der Waals surface area (Å²) in [5, 5.41) is 4.36. The van der Waals surface area contributed by atoms with Crippen LogP contribution in [0.15, 0.2) is 4.52 Å². The highest BCUT2D eigenvalue weighted by Crippen LogP contribution is 2.35. The minimum atomic E-state index is 0.303. The van der Waals surface area contributed by atoms with Crippen molar-refractivity contribution in [1.29, 1.82) is 0 Å². The molecule has 0 radical (unpaired) electrons. The van der Waals surface area contributed by atoms with Crippen molar-refractivity contribution in [2.75, 3.05) is 13.1 Å². The summed E-state index contributed by atoms with van der Waals surface area (Å²) in [5.74, 6) is 2.34. The molecule has 4 nitrogen and oxygen atoms in total. The number of nitrogens with zero attached hydrogens (tertiary/aromatic N) is 2. The number of carbonyl (C=O) groups is 1. The second kappa shape index (κ2) is 7.28. The van der Waals surface area contributed by atoms with Gasteiger partial charge in [0.05, 0.1) is 5.69 Å². The Morgan fingerprint density at radius 2 is 1.62 bits per heavy atom. The van der Waals surface area contributed by atoms with Crippen LogP contribution in [0, 0.1) is 5.92 Å². The highest BCUT2D eigenvalue weighted by molar-refractivity contribution is 5.79. The van der Waals surface area contributed by atoms with E-state index in [-0.39, 0.29) is 0 Å². The summed E-state index contributed by atoms with van der Waals surface area (Å²) < 4.78 is 5.77. The fourth-order valence-corrected chi connectivity index (χ4v) is 4.88. The lowest BCUT2D eigenvalue weighted by Crippen LogP contribution is -2.41. The molecule has 2 heterocycles. The first kappa shape index (κ1) is 16.2. The maximum Gasteiger partial charge on any atom is 0.225 e. The molecule has 1 aliphatic heterocycles. The Hall–Kier alpha value is -1.32. The molecule has 0 aromatic carbocycles. The maximum atomic E-state index is 12.7. The quantitative estimate of drug-likeness (QED) is 0.762. The summed E-state index contributed by atoms with van der Waals surface area (Å²) in [6.07, 6.45) is 14.1. The average molecular weight is 330 g/mol. The Kier molecular flexibility index (Phi) is 4.91. The van der Waals surface area contributed by atoms with E-state index in [1.165, 1.54) is 49.8 Å². The number of rotatable bonds is 2. The van der Waals surface area contributed by atoms with Gasteiger partial charge < -0.3 is 9.42 Å². The molecule has 1 aromatic rings. The number of likely N-dealkylation sites (tertiary alicyclic amines) is 1. The van der Waals surface area contributed by atoms with Crippen LogP contribution in [-0.2, 0) is 17.6 Å². The molecule has 2 fully saturated rings. The number of hydrogen-bond acceptors (Lipinski definition) is 3. The molecule has 0 atom stereocenters. The van der Waals surface area contributed by atoms with Gasteiger partial charge in [-0.15, -0.1) is 0 Å². The molecule has 0 spiro atoms. The Morgan fingerprint density at radius 1 is 0.917 bits per heavy atom. The molecule has 4 rings (SSSR count). The summed E-state index contributed by atoms with van der Waals surface area (Å²) in [5.41, 5.74) is 2.62. The van der Waals surface area contributed by atoms with Crippen molar-refractivity contribution >= 4 is 5.91 Å². The third-order valence-electron chi connectivity index (χ3n) is 6.37. The van der Waals surface area contributed by atoms with Gasteiger partial charge in [-0.25, -0.2) is 0 Å². The summed E-state index contributed by atoms with van der Waals surface area (Å²) in [4.78, 5) is 14.8. The fourth-order valence-electron chi connectivity index (χ4n) is 4.88. The van der Waals surface area contributed by atoms with Crippen LogP contribution >= 0.6 is 0 Å². The van der Waals surface area contributed by atoms with Gasteiger partial charge in [-0.3, -0.25) is 4.79 Å². The van der Waals surface area contributed by atoms with Gasteiger partial charge in [-0.05, 0) is 51.4 Å². The van der Waals surface area contributed by atoms with Crippen LogP contribution in [0.25, 0.3) is 0 Å². The van der Waals surface area contributed by atoms with Gasteiger partial charge in [0.1, 0.15) is 5.76 Å². The van der Waals surface area contributed by atoms with Crippen LogP contribution in [0.1, 0.15) is 87.1 Å². The van der Waals surface area contributed by atoms with E-state index in [0.717, 1.165) is 57.4 Å². The SMILES string of the molecule is O=C(C1CCCCC1)N1CCC(c2onc3c2CCCCC3)CC1. The number of piperidine rings is 1. The first-order valence-corrected chi connectivity index (χ1v) is 10.1. The summed E-state index contributed by atoms with van der Waals surface area (Å²) in [7, 11) is 0. The van der Waals surface area contributed by atoms with E-state index in [4.69, 9.17) is 4.52 Å². The maximum absolute atomic E-state index is 12.7. The zero-order valence-corrected chi connectivity index (χ0v) is 14.8. The average Bonchev–Trinajstić information content (AvgIpc) is 2.90. The van der Waals surface area contributed by atoms with Crippen LogP contribution in [0.4, 0.5) is 0 Å². The Bertz CT molecular complexity index is 566. The van der Waals surface area contributed by atoms with Crippen molar-refractivity contribution in [3.63, 3.8) is 0 Å². The number of fused-ring (bicyclic) bond motifs is 1. The zero-order valence-electron chi connectivity index (χ0n) is 14.8. The third-order valence-corrected chi connectivity index (χ3v) is 6.37. The molecular formula is C20H30N2O2. The molecular weight excluding hydrogens is 300 g/mol. The smallest absolute Gasteiger partial charge is 0.225 e. The predicted octanol–water partition coefficient (Wildman–Crippen LogP) is 4.23. The molecule has 1 saturated heterocycles. The third kappa shape index (κ3) is 3.25. The zero-order chi connectivity index (χ0) is 16.4. The number of aromatic nitrogens is 1. The van der Waals surface area contributed by atoms with Crippen LogP contribution in [0.5, 0.6) is 0 Å². The van der Waals surface area contributed by atoms with Gasteiger partial charge in [-0.2, -0.15) is 0 Å². The first-order chi connectivity index (χ1) is 11.8. The molecule has 0 unspecified atom stereocenters. The normalized spacial score (nSPS) is 23.8. The largest absolute Gasteiger partial charge is 0.361 e. The molecule has 0 N–H and O–H groups in total. The lowest BCUT2D eigenvalue weighted by molar-refractivity contribution is -0.137. The van der Waals surface area contributed by atoms with Crippen molar-refractivity contribution in [3.05, 3.63) is 17.0 Å². The second-order valence-corrected chi connectivity index (χ2v) is 7.97. The van der Waals surface area contributed by atoms with Gasteiger partial charge in [0.2, 0.25) is 5.91 Å². The van der Waals surface area contributed by atoms with Crippen LogP contribution < -0.4 is 0 Å². The van der Waals surface area contributed by atoms with Crippen LogP contribution in [0.2, 0.25) is 0 Å². The second-order valence-electron chi connectivity index (χ2n) is 7.97. The van der Waals surface area contributed by atoms with Crippen LogP contribution in [-0.4, -0.2) is 29.1 Å². The number of hydrogen-bond donors (Lipinski definition) is 0. The van der Waals surface area contributed by atoms with Crippen molar-refractivity contribution in [2.45, 2.75) is 83.0 Å². The van der Waals surface area contributed by atoms with E-state index in [1.54, 1.807) is 0 Å². The molecule has 132 valence electrons. The van der Waals surface area contributed by atoms with Gasteiger partial charge >= 0.3 is 0 Å². The molecule has 24 heavy (non-hydrogen) atoms. The lowest BCUT2D eigenvalue weighted by Gasteiger charge is -2.34. The van der Waals surface area contributed by atoms with Gasteiger partial charge in [0, 0.05) is 30.5 Å². The Balaban J connectivity index is 1.38.